The van der Waals surface area contributed by atoms with Gasteiger partial charge in [0.05, 0.1) is 6.04 Å². The van der Waals surface area contributed by atoms with Crippen molar-refractivity contribution in [3.8, 4) is 0 Å². The van der Waals surface area contributed by atoms with E-state index in [1.165, 1.54) is 12.8 Å². The topological polar surface area (TPSA) is 67.2 Å². The van der Waals surface area contributed by atoms with Gasteiger partial charge in [0.2, 0.25) is 0 Å². The third-order valence-electron chi connectivity index (χ3n) is 4.88. The van der Waals surface area contributed by atoms with E-state index in [0.29, 0.717) is 12.2 Å². The summed E-state index contributed by atoms with van der Waals surface area (Å²) in [6, 6.07) is 5.89. The average Bonchev–Trinajstić information content (AvgIpc) is 3.35. The Balaban J connectivity index is 1.44. The second-order valence-electron chi connectivity index (χ2n) is 6.50. The van der Waals surface area contributed by atoms with Crippen LogP contribution in [0.2, 0.25) is 0 Å². The first-order valence-corrected chi connectivity index (χ1v) is 8.68. The summed E-state index contributed by atoms with van der Waals surface area (Å²) in [5.41, 5.74) is 0.430. The Bertz CT molecular complexity index is 678. The molecule has 2 aliphatic rings. The van der Waals surface area contributed by atoms with Gasteiger partial charge in [-0.3, -0.25) is 9.48 Å². The number of anilines is 1. The molecule has 4 heterocycles. The van der Waals surface area contributed by atoms with Gasteiger partial charge in [-0.15, -0.1) is 10.2 Å². The smallest absolute Gasteiger partial charge is 0.274 e. The molecular formula is C17H22N6O. The molecule has 1 amide bonds. The van der Waals surface area contributed by atoms with Crippen LogP contribution in [0.5, 0.6) is 0 Å². The number of rotatable bonds is 3. The number of piperidine rings is 1. The Hall–Kier alpha value is -2.44. The Labute approximate surface area is 141 Å². The number of hydrogen-bond acceptors (Lipinski definition) is 5. The average molecular weight is 326 g/mol. The van der Waals surface area contributed by atoms with Crippen LogP contribution in [-0.2, 0) is 0 Å². The quantitative estimate of drug-likeness (QED) is 0.859. The molecule has 2 fully saturated rings. The Morgan fingerprint density at radius 3 is 2.67 bits per heavy atom. The molecule has 4 rings (SSSR count). The lowest BCUT2D eigenvalue weighted by atomic mass is 10.1. The number of hydrogen-bond donors (Lipinski definition) is 0. The van der Waals surface area contributed by atoms with Crippen molar-refractivity contribution < 1.29 is 4.79 Å². The van der Waals surface area contributed by atoms with Gasteiger partial charge in [-0.2, -0.15) is 5.10 Å². The predicted molar refractivity (Wildman–Crippen MR) is 89.9 cm³/mol. The summed E-state index contributed by atoms with van der Waals surface area (Å²) < 4.78 is 1.95. The Morgan fingerprint density at radius 1 is 1.08 bits per heavy atom. The Kier molecular flexibility index (Phi) is 4.15. The number of amides is 1. The van der Waals surface area contributed by atoms with E-state index in [4.69, 9.17) is 0 Å². The summed E-state index contributed by atoms with van der Waals surface area (Å²) in [4.78, 5) is 16.8. The maximum atomic E-state index is 12.7. The summed E-state index contributed by atoms with van der Waals surface area (Å²) in [5.74, 6) is 0.837. The molecule has 2 saturated heterocycles. The fourth-order valence-electron chi connectivity index (χ4n) is 3.57. The van der Waals surface area contributed by atoms with Crippen LogP contribution in [0.25, 0.3) is 0 Å². The maximum Gasteiger partial charge on any atom is 0.274 e. The zero-order valence-corrected chi connectivity index (χ0v) is 13.7. The SMILES string of the molecule is O=C(c1ccc(N2CCCC2)nn1)N1CCC[C@H](n2cccn2)C1. The first kappa shape index (κ1) is 15.1. The molecule has 24 heavy (non-hydrogen) atoms. The molecule has 126 valence electrons. The van der Waals surface area contributed by atoms with Crippen molar-refractivity contribution in [2.24, 2.45) is 0 Å². The van der Waals surface area contributed by atoms with Crippen LogP contribution in [0.1, 0.15) is 42.2 Å². The maximum absolute atomic E-state index is 12.7. The lowest BCUT2D eigenvalue weighted by Crippen LogP contribution is -2.41. The highest BCUT2D eigenvalue weighted by Crippen LogP contribution is 2.22. The Morgan fingerprint density at radius 2 is 1.96 bits per heavy atom. The molecule has 2 aromatic heterocycles. The van der Waals surface area contributed by atoms with Crippen LogP contribution >= 0.6 is 0 Å². The van der Waals surface area contributed by atoms with Crippen molar-refractivity contribution >= 4 is 11.7 Å². The van der Waals surface area contributed by atoms with Gasteiger partial charge in [0.1, 0.15) is 0 Å². The monoisotopic (exact) mass is 326 g/mol. The first-order valence-electron chi connectivity index (χ1n) is 8.68. The second kappa shape index (κ2) is 6.59. The molecule has 0 N–H and O–H groups in total. The predicted octanol–water partition coefficient (Wildman–Crippen LogP) is 1.75. The van der Waals surface area contributed by atoms with Crippen LogP contribution in [-0.4, -0.2) is 57.0 Å². The van der Waals surface area contributed by atoms with E-state index in [1.807, 2.05) is 27.9 Å². The fourth-order valence-corrected chi connectivity index (χ4v) is 3.57. The first-order chi connectivity index (χ1) is 11.8. The molecule has 2 aromatic rings. The van der Waals surface area contributed by atoms with Crippen molar-refractivity contribution in [1.29, 1.82) is 0 Å². The second-order valence-corrected chi connectivity index (χ2v) is 6.50. The van der Waals surface area contributed by atoms with Crippen LogP contribution in [0.15, 0.2) is 30.6 Å². The molecule has 7 nitrogen and oxygen atoms in total. The highest BCUT2D eigenvalue weighted by Gasteiger charge is 2.26. The van der Waals surface area contributed by atoms with Gasteiger partial charge in [0, 0.05) is 38.6 Å². The van der Waals surface area contributed by atoms with E-state index >= 15 is 0 Å². The fraction of sp³-hybridized carbons (Fsp3) is 0.529. The minimum absolute atomic E-state index is 0.0349. The van der Waals surface area contributed by atoms with E-state index in [0.717, 1.165) is 38.3 Å². The lowest BCUT2D eigenvalue weighted by molar-refractivity contribution is 0.0666. The van der Waals surface area contributed by atoms with Gasteiger partial charge in [-0.1, -0.05) is 0 Å². The summed E-state index contributed by atoms with van der Waals surface area (Å²) in [6.45, 7) is 3.50. The van der Waals surface area contributed by atoms with Crippen molar-refractivity contribution in [3.63, 3.8) is 0 Å². The molecular weight excluding hydrogens is 304 g/mol. The highest BCUT2D eigenvalue weighted by molar-refractivity contribution is 5.92. The van der Waals surface area contributed by atoms with E-state index in [-0.39, 0.29) is 11.9 Å². The van der Waals surface area contributed by atoms with Gasteiger partial charge in [-0.05, 0) is 43.9 Å². The molecule has 0 radical (unpaired) electrons. The number of nitrogens with zero attached hydrogens (tertiary/aromatic N) is 6. The largest absolute Gasteiger partial charge is 0.355 e. The van der Waals surface area contributed by atoms with Crippen LogP contribution in [0, 0.1) is 0 Å². The molecule has 1 atom stereocenters. The van der Waals surface area contributed by atoms with Gasteiger partial charge in [0.15, 0.2) is 11.5 Å². The normalized spacial score (nSPS) is 21.2. The third kappa shape index (κ3) is 2.98. The standard InChI is InChI=1S/C17H22N6O/c24-17(15-6-7-16(20-19-15)21-9-1-2-10-21)22-11-3-5-14(13-22)23-12-4-8-18-23/h4,6-8,12,14H,1-3,5,9-11,13H2/t14-/m0/s1. The zero-order valence-electron chi connectivity index (χ0n) is 13.7. The minimum atomic E-state index is -0.0349. The van der Waals surface area contributed by atoms with Crippen LogP contribution in [0.4, 0.5) is 5.82 Å². The van der Waals surface area contributed by atoms with Gasteiger partial charge < -0.3 is 9.80 Å². The van der Waals surface area contributed by atoms with Crippen molar-refractivity contribution in [3.05, 3.63) is 36.3 Å². The van der Waals surface area contributed by atoms with E-state index in [1.54, 1.807) is 12.3 Å². The van der Waals surface area contributed by atoms with Crippen molar-refractivity contribution in [2.45, 2.75) is 31.7 Å². The molecule has 7 heteroatoms. The van der Waals surface area contributed by atoms with Crippen molar-refractivity contribution in [1.82, 2.24) is 24.9 Å². The third-order valence-corrected chi connectivity index (χ3v) is 4.88. The molecule has 2 aliphatic heterocycles. The van der Waals surface area contributed by atoms with E-state index in [9.17, 15) is 4.79 Å². The number of aromatic nitrogens is 4. The zero-order chi connectivity index (χ0) is 16.4. The molecule has 0 spiro atoms. The summed E-state index contributed by atoms with van der Waals surface area (Å²) in [5, 5.41) is 12.7. The van der Waals surface area contributed by atoms with Crippen LogP contribution in [0.3, 0.4) is 0 Å². The van der Waals surface area contributed by atoms with Gasteiger partial charge in [0.25, 0.3) is 5.91 Å². The summed E-state index contributed by atoms with van der Waals surface area (Å²) in [6.07, 6.45) is 8.17. The van der Waals surface area contributed by atoms with Crippen LogP contribution < -0.4 is 4.90 Å². The molecule has 0 unspecified atom stereocenters. The number of carbonyl (C=O) groups excluding carboxylic acids is 1. The van der Waals surface area contributed by atoms with Gasteiger partial charge >= 0.3 is 0 Å². The lowest BCUT2D eigenvalue weighted by Gasteiger charge is -2.32. The molecule has 0 aromatic carbocycles. The highest BCUT2D eigenvalue weighted by atomic mass is 16.2. The minimum Gasteiger partial charge on any atom is -0.355 e. The summed E-state index contributed by atoms with van der Waals surface area (Å²) in [7, 11) is 0. The molecule has 0 saturated carbocycles. The van der Waals surface area contributed by atoms with Gasteiger partial charge in [-0.25, -0.2) is 0 Å². The van der Waals surface area contributed by atoms with E-state index in [2.05, 4.69) is 20.2 Å². The number of carbonyl (C=O) groups is 1. The molecule has 0 aliphatic carbocycles. The van der Waals surface area contributed by atoms with Crippen molar-refractivity contribution in [2.75, 3.05) is 31.1 Å². The molecule has 0 bridgehead atoms. The van der Waals surface area contributed by atoms with E-state index < -0.39 is 0 Å². The summed E-state index contributed by atoms with van der Waals surface area (Å²) >= 11 is 0. The number of likely N-dealkylation sites (tertiary alicyclic amines) is 1.